The average molecular weight is 198 g/mol. The zero-order valence-electron chi connectivity index (χ0n) is 8.74. The highest BCUT2D eigenvalue weighted by Crippen LogP contribution is 2.39. The van der Waals surface area contributed by atoms with Gasteiger partial charge in [-0.25, -0.2) is 0 Å². The molecule has 1 N–H and O–H groups in total. The Morgan fingerprint density at radius 2 is 2.08 bits per heavy atom. The average Bonchev–Trinajstić information content (AvgIpc) is 2.31. The van der Waals surface area contributed by atoms with Crippen LogP contribution in [0.5, 0.6) is 0 Å². The lowest BCUT2D eigenvalue weighted by atomic mass is 10.1. The van der Waals surface area contributed by atoms with Gasteiger partial charge in [-0.1, -0.05) is 39.0 Å². The second-order valence-corrected chi connectivity index (χ2v) is 6.34. The Labute approximate surface area is 84.9 Å². The second-order valence-electron chi connectivity index (χ2n) is 4.43. The Balaban J connectivity index is 2.62. The third-order valence-corrected chi connectivity index (χ3v) is 3.11. The van der Waals surface area contributed by atoms with Crippen LogP contribution < -0.4 is 0 Å². The summed E-state index contributed by atoms with van der Waals surface area (Å²) in [6.45, 7) is 8.42. The number of aliphatic hydroxyl groups is 1. The molecule has 0 aliphatic heterocycles. The molecule has 0 bridgehead atoms. The summed E-state index contributed by atoms with van der Waals surface area (Å²) in [7, 11) is 0. The van der Waals surface area contributed by atoms with Crippen molar-refractivity contribution in [2.75, 3.05) is 0 Å². The van der Waals surface area contributed by atoms with Crippen LogP contribution in [0.4, 0.5) is 0 Å². The van der Waals surface area contributed by atoms with Crippen LogP contribution in [0.3, 0.4) is 0 Å². The molecule has 1 nitrogen and oxygen atoms in total. The third kappa shape index (κ3) is 3.20. The van der Waals surface area contributed by atoms with Crippen LogP contribution in [0.2, 0.25) is 0 Å². The molecular weight excluding hydrogens is 180 g/mol. The number of hydrogen-bond acceptors (Lipinski definition) is 2. The van der Waals surface area contributed by atoms with Crippen LogP contribution >= 0.6 is 11.8 Å². The summed E-state index contributed by atoms with van der Waals surface area (Å²) in [6, 6.07) is 0. The van der Waals surface area contributed by atoms with Gasteiger partial charge in [-0.3, -0.25) is 0 Å². The van der Waals surface area contributed by atoms with Crippen LogP contribution in [-0.4, -0.2) is 16.0 Å². The summed E-state index contributed by atoms with van der Waals surface area (Å²) < 4.78 is 0.227. The summed E-state index contributed by atoms with van der Waals surface area (Å²) in [5.41, 5.74) is 0. The van der Waals surface area contributed by atoms with Gasteiger partial charge in [-0.2, -0.15) is 0 Å². The second kappa shape index (κ2) is 3.89. The van der Waals surface area contributed by atoms with Gasteiger partial charge in [0, 0.05) is 10.7 Å². The lowest BCUT2D eigenvalue weighted by molar-refractivity contribution is 0.168. The summed E-state index contributed by atoms with van der Waals surface area (Å²) in [5, 5.41) is 9.51. The van der Waals surface area contributed by atoms with Gasteiger partial charge in [-0.15, -0.1) is 11.8 Å². The van der Waals surface area contributed by atoms with E-state index in [0.717, 1.165) is 0 Å². The molecule has 0 saturated heterocycles. The summed E-state index contributed by atoms with van der Waals surface area (Å²) in [6.07, 6.45) is 5.93. The van der Waals surface area contributed by atoms with Crippen LogP contribution in [-0.2, 0) is 0 Å². The van der Waals surface area contributed by atoms with Gasteiger partial charge in [0.1, 0.15) is 0 Å². The lowest BCUT2D eigenvalue weighted by Crippen LogP contribution is -2.17. The highest BCUT2D eigenvalue weighted by Gasteiger charge is 2.24. The smallest absolute Gasteiger partial charge is 0.0620 e. The molecule has 2 atom stereocenters. The van der Waals surface area contributed by atoms with Crippen LogP contribution in [0.25, 0.3) is 0 Å². The first kappa shape index (κ1) is 10.9. The minimum absolute atomic E-state index is 0.212. The van der Waals surface area contributed by atoms with E-state index < -0.39 is 0 Å². The minimum Gasteiger partial charge on any atom is -0.392 e. The molecule has 0 amide bonds. The summed E-state index contributed by atoms with van der Waals surface area (Å²) in [5.74, 6) is 0.212. The van der Waals surface area contributed by atoms with E-state index in [4.69, 9.17) is 0 Å². The Morgan fingerprint density at radius 1 is 1.46 bits per heavy atom. The zero-order valence-corrected chi connectivity index (χ0v) is 9.56. The van der Waals surface area contributed by atoms with Crippen LogP contribution in [0.15, 0.2) is 23.1 Å². The summed E-state index contributed by atoms with van der Waals surface area (Å²) >= 11 is 1.84. The molecule has 0 heterocycles. The highest BCUT2D eigenvalue weighted by atomic mass is 32.2. The molecule has 0 aromatic carbocycles. The molecule has 1 unspecified atom stereocenters. The maximum absolute atomic E-state index is 9.51. The molecule has 1 aliphatic carbocycles. The molecule has 0 spiro atoms. The van der Waals surface area contributed by atoms with Gasteiger partial charge < -0.3 is 5.11 Å². The Kier molecular flexibility index (Phi) is 3.25. The van der Waals surface area contributed by atoms with Crippen molar-refractivity contribution in [2.45, 2.75) is 38.5 Å². The normalized spacial score (nSPS) is 24.7. The molecule has 0 aromatic rings. The van der Waals surface area contributed by atoms with Gasteiger partial charge in [0.2, 0.25) is 0 Å². The van der Waals surface area contributed by atoms with Crippen molar-refractivity contribution < 1.29 is 5.11 Å². The maximum Gasteiger partial charge on any atom is 0.0620 e. The quantitative estimate of drug-likeness (QED) is 0.736. The first-order chi connectivity index (χ1) is 5.90. The van der Waals surface area contributed by atoms with Crippen molar-refractivity contribution in [2.24, 2.45) is 5.92 Å². The fourth-order valence-electron chi connectivity index (χ4n) is 1.33. The van der Waals surface area contributed by atoms with Crippen molar-refractivity contribution in [1.29, 1.82) is 0 Å². The molecular formula is C11H18OS. The predicted molar refractivity (Wildman–Crippen MR) is 59.7 cm³/mol. The number of allylic oxidation sites excluding steroid dienone is 2. The lowest BCUT2D eigenvalue weighted by Gasteiger charge is -2.23. The number of aliphatic hydroxyl groups excluding tert-OH is 1. The SMILES string of the molecule is C[C@H](O)C1C=CC=C1SC(C)(C)C. The Morgan fingerprint density at radius 3 is 2.54 bits per heavy atom. The zero-order chi connectivity index (χ0) is 10.1. The van der Waals surface area contributed by atoms with Crippen molar-refractivity contribution >= 4 is 11.8 Å². The fourth-order valence-corrected chi connectivity index (χ4v) is 2.60. The van der Waals surface area contributed by atoms with E-state index in [1.54, 1.807) is 0 Å². The monoisotopic (exact) mass is 198 g/mol. The molecule has 74 valence electrons. The van der Waals surface area contributed by atoms with E-state index in [-0.39, 0.29) is 16.8 Å². The van der Waals surface area contributed by atoms with E-state index in [1.807, 2.05) is 24.8 Å². The number of thioether (sulfide) groups is 1. The van der Waals surface area contributed by atoms with Crippen molar-refractivity contribution in [3.8, 4) is 0 Å². The van der Waals surface area contributed by atoms with Crippen molar-refractivity contribution in [1.82, 2.24) is 0 Å². The molecule has 0 aromatic heterocycles. The Bertz CT molecular complexity index is 233. The number of hydrogen-bond donors (Lipinski definition) is 1. The maximum atomic E-state index is 9.51. The van der Waals surface area contributed by atoms with E-state index in [9.17, 15) is 5.11 Å². The first-order valence-electron chi connectivity index (χ1n) is 4.65. The molecule has 2 heteroatoms. The fraction of sp³-hybridized carbons (Fsp3) is 0.636. The van der Waals surface area contributed by atoms with E-state index in [1.165, 1.54) is 4.91 Å². The Hall–Kier alpha value is -0.210. The van der Waals surface area contributed by atoms with Crippen LogP contribution in [0, 0.1) is 5.92 Å². The number of rotatable bonds is 2. The van der Waals surface area contributed by atoms with Gasteiger partial charge >= 0.3 is 0 Å². The first-order valence-corrected chi connectivity index (χ1v) is 5.47. The van der Waals surface area contributed by atoms with E-state index in [0.29, 0.717) is 0 Å². The standard InChI is InChI=1S/C11H18OS/c1-8(12)9-6-5-7-10(9)13-11(2,3)4/h5-9,12H,1-4H3/t8-,9?/m0/s1. The molecule has 1 rings (SSSR count). The minimum atomic E-state index is -0.278. The molecule has 0 radical (unpaired) electrons. The molecule has 13 heavy (non-hydrogen) atoms. The molecule has 1 aliphatic rings. The largest absolute Gasteiger partial charge is 0.392 e. The molecule has 0 fully saturated rings. The summed E-state index contributed by atoms with van der Waals surface area (Å²) in [4.78, 5) is 1.28. The topological polar surface area (TPSA) is 20.2 Å². The predicted octanol–water partition coefficient (Wildman–Crippen LogP) is 2.97. The van der Waals surface area contributed by atoms with E-state index in [2.05, 4.69) is 32.9 Å². The van der Waals surface area contributed by atoms with E-state index >= 15 is 0 Å². The van der Waals surface area contributed by atoms with Gasteiger partial charge in [0.25, 0.3) is 0 Å². The highest BCUT2D eigenvalue weighted by molar-refractivity contribution is 8.04. The van der Waals surface area contributed by atoms with Gasteiger partial charge in [0.15, 0.2) is 0 Å². The third-order valence-electron chi connectivity index (χ3n) is 1.85. The van der Waals surface area contributed by atoms with Gasteiger partial charge in [-0.05, 0) is 11.8 Å². The molecule has 0 saturated carbocycles. The van der Waals surface area contributed by atoms with Crippen LogP contribution in [0.1, 0.15) is 27.7 Å². The van der Waals surface area contributed by atoms with Crippen molar-refractivity contribution in [3.63, 3.8) is 0 Å². The van der Waals surface area contributed by atoms with Gasteiger partial charge in [0.05, 0.1) is 6.10 Å². The van der Waals surface area contributed by atoms with Crippen molar-refractivity contribution in [3.05, 3.63) is 23.1 Å².